The zero-order valence-corrected chi connectivity index (χ0v) is 19.8. The molecule has 0 radical (unpaired) electrons. The average molecular weight is 503 g/mol. The number of hydrogen-bond acceptors (Lipinski definition) is 6. The summed E-state index contributed by atoms with van der Waals surface area (Å²) in [5, 5.41) is 0. The van der Waals surface area contributed by atoms with Crippen LogP contribution in [0.4, 0.5) is 4.79 Å². The fourth-order valence-corrected chi connectivity index (χ4v) is 3.62. The fraction of sp³-hybridized carbons (Fsp3) is 0.261. The van der Waals surface area contributed by atoms with Crippen molar-refractivity contribution in [3.05, 3.63) is 57.6 Å². The van der Waals surface area contributed by atoms with Crippen LogP contribution in [0.25, 0.3) is 6.08 Å². The van der Waals surface area contributed by atoms with Gasteiger partial charge >= 0.3 is 6.03 Å². The number of ether oxygens (including phenoxy) is 3. The molecule has 0 atom stereocenters. The number of urea groups is 1. The lowest BCUT2D eigenvalue weighted by atomic mass is 10.1. The van der Waals surface area contributed by atoms with E-state index in [1.165, 1.54) is 27.3 Å². The topological polar surface area (TPSA) is 85.4 Å². The average Bonchev–Trinajstić information content (AvgIpc) is 2.78. The number of imide groups is 2. The Bertz CT molecular complexity index is 1050. The van der Waals surface area contributed by atoms with Gasteiger partial charge in [-0.25, -0.2) is 4.79 Å². The number of barbiturate groups is 1. The number of amides is 4. The zero-order valence-electron chi connectivity index (χ0n) is 18.2. The molecular weight excluding hydrogens is 480 g/mol. The number of aryl methyl sites for hydroxylation is 1. The van der Waals surface area contributed by atoms with Crippen LogP contribution in [0, 0.1) is 6.92 Å². The fourth-order valence-electron chi connectivity index (χ4n) is 3.04. The molecule has 8 nitrogen and oxygen atoms in total. The number of carbonyl (C=O) groups is 3. The summed E-state index contributed by atoms with van der Waals surface area (Å²) in [6.45, 7) is 2.62. The van der Waals surface area contributed by atoms with E-state index in [1.807, 2.05) is 31.2 Å². The lowest BCUT2D eigenvalue weighted by Crippen LogP contribution is -2.52. The van der Waals surface area contributed by atoms with Gasteiger partial charge in [-0.15, -0.1) is 0 Å². The highest BCUT2D eigenvalue weighted by molar-refractivity contribution is 9.10. The van der Waals surface area contributed by atoms with Crippen LogP contribution in [0.5, 0.6) is 17.2 Å². The molecule has 1 aliphatic heterocycles. The van der Waals surface area contributed by atoms with Gasteiger partial charge < -0.3 is 14.2 Å². The van der Waals surface area contributed by atoms with Crippen molar-refractivity contribution in [3.63, 3.8) is 0 Å². The smallest absolute Gasteiger partial charge is 0.333 e. The van der Waals surface area contributed by atoms with Gasteiger partial charge in [-0.3, -0.25) is 19.4 Å². The number of hydrogen-bond donors (Lipinski definition) is 0. The second-order valence-corrected chi connectivity index (χ2v) is 7.97. The standard InChI is InChI=1S/C23H23BrN2O6/c1-14-5-7-16(8-6-14)31-9-10-32-20-18(24)12-15(13-19(20)30-4)11-17-21(27)25(2)23(29)26(3)22(17)28/h5-8,11-13H,9-10H2,1-4H3. The first kappa shape index (κ1) is 23.3. The van der Waals surface area contributed by atoms with E-state index in [1.54, 1.807) is 12.1 Å². The Morgan fingerprint density at radius 1 is 0.938 bits per heavy atom. The molecule has 0 spiro atoms. The van der Waals surface area contributed by atoms with Gasteiger partial charge in [0.2, 0.25) is 0 Å². The Balaban J connectivity index is 1.75. The predicted octanol–water partition coefficient (Wildman–Crippen LogP) is 3.66. The van der Waals surface area contributed by atoms with Crippen molar-refractivity contribution in [1.29, 1.82) is 0 Å². The van der Waals surface area contributed by atoms with Gasteiger partial charge in [0.25, 0.3) is 11.8 Å². The molecular formula is C23H23BrN2O6. The largest absolute Gasteiger partial charge is 0.493 e. The van der Waals surface area contributed by atoms with Crippen LogP contribution in [0.3, 0.4) is 0 Å². The van der Waals surface area contributed by atoms with Gasteiger partial charge in [0.1, 0.15) is 24.5 Å². The number of likely N-dealkylation sites (N-methyl/N-ethyl adjacent to an activating group) is 2. The minimum absolute atomic E-state index is 0.122. The van der Waals surface area contributed by atoms with Gasteiger partial charge in [0, 0.05) is 14.1 Å². The maximum atomic E-state index is 12.4. The Morgan fingerprint density at radius 2 is 1.53 bits per heavy atom. The molecule has 0 unspecified atom stereocenters. The Morgan fingerprint density at radius 3 is 2.12 bits per heavy atom. The first-order valence-electron chi connectivity index (χ1n) is 9.74. The van der Waals surface area contributed by atoms with Crippen LogP contribution < -0.4 is 14.2 Å². The summed E-state index contributed by atoms with van der Waals surface area (Å²) in [6.07, 6.45) is 1.42. The Labute approximate surface area is 194 Å². The van der Waals surface area contributed by atoms with Crippen molar-refractivity contribution in [3.8, 4) is 17.2 Å². The number of nitrogens with zero attached hydrogens (tertiary/aromatic N) is 2. The van der Waals surface area contributed by atoms with Gasteiger partial charge in [0.15, 0.2) is 11.5 Å². The van der Waals surface area contributed by atoms with Crippen molar-refractivity contribution < 1.29 is 28.6 Å². The molecule has 9 heteroatoms. The molecule has 32 heavy (non-hydrogen) atoms. The third-order valence-electron chi connectivity index (χ3n) is 4.83. The van der Waals surface area contributed by atoms with Crippen LogP contribution in [0.1, 0.15) is 11.1 Å². The molecule has 1 fully saturated rings. The summed E-state index contributed by atoms with van der Waals surface area (Å²) >= 11 is 3.45. The summed E-state index contributed by atoms with van der Waals surface area (Å²) in [5.74, 6) is 0.300. The minimum Gasteiger partial charge on any atom is -0.493 e. The Hall–Kier alpha value is -3.33. The van der Waals surface area contributed by atoms with Gasteiger partial charge in [-0.1, -0.05) is 17.7 Å². The summed E-state index contributed by atoms with van der Waals surface area (Å²) in [5.41, 5.74) is 1.56. The van der Waals surface area contributed by atoms with Crippen LogP contribution in [-0.4, -0.2) is 62.1 Å². The van der Waals surface area contributed by atoms with E-state index in [4.69, 9.17) is 14.2 Å². The molecule has 2 aromatic rings. The molecule has 3 rings (SSSR count). The number of benzene rings is 2. The molecule has 168 valence electrons. The van der Waals surface area contributed by atoms with E-state index < -0.39 is 17.8 Å². The second kappa shape index (κ2) is 9.86. The summed E-state index contributed by atoms with van der Waals surface area (Å²) in [6, 6.07) is 10.4. The molecule has 0 N–H and O–H groups in total. The van der Waals surface area contributed by atoms with Crippen molar-refractivity contribution in [1.82, 2.24) is 9.80 Å². The van der Waals surface area contributed by atoms with Crippen molar-refractivity contribution in [2.45, 2.75) is 6.92 Å². The molecule has 0 bridgehead atoms. The first-order chi connectivity index (χ1) is 15.2. The molecule has 1 aliphatic rings. The third kappa shape index (κ3) is 4.94. The van der Waals surface area contributed by atoms with E-state index in [9.17, 15) is 14.4 Å². The van der Waals surface area contributed by atoms with Gasteiger partial charge in [-0.05, 0) is 58.8 Å². The molecule has 0 saturated carbocycles. The van der Waals surface area contributed by atoms with Crippen LogP contribution >= 0.6 is 15.9 Å². The van der Waals surface area contributed by atoms with E-state index in [2.05, 4.69) is 15.9 Å². The van der Waals surface area contributed by atoms with E-state index in [-0.39, 0.29) is 12.2 Å². The van der Waals surface area contributed by atoms with Crippen molar-refractivity contribution in [2.75, 3.05) is 34.4 Å². The molecule has 1 heterocycles. The molecule has 1 saturated heterocycles. The van der Waals surface area contributed by atoms with Crippen LogP contribution in [-0.2, 0) is 9.59 Å². The summed E-state index contributed by atoms with van der Waals surface area (Å²) in [4.78, 5) is 38.5. The second-order valence-electron chi connectivity index (χ2n) is 7.11. The first-order valence-corrected chi connectivity index (χ1v) is 10.5. The predicted molar refractivity (Wildman–Crippen MR) is 122 cm³/mol. The summed E-state index contributed by atoms with van der Waals surface area (Å²) in [7, 11) is 4.15. The zero-order chi connectivity index (χ0) is 23.4. The number of halogens is 1. The molecule has 2 aromatic carbocycles. The number of carbonyl (C=O) groups excluding carboxylic acids is 3. The molecule has 4 amide bonds. The lowest BCUT2D eigenvalue weighted by Gasteiger charge is -2.28. The quantitative estimate of drug-likeness (QED) is 0.326. The lowest BCUT2D eigenvalue weighted by molar-refractivity contribution is -0.134. The normalized spacial score (nSPS) is 14.0. The SMILES string of the molecule is COc1cc(C=C2C(=O)N(C)C(=O)N(C)C2=O)cc(Br)c1OCCOc1ccc(C)cc1. The van der Waals surface area contributed by atoms with Crippen molar-refractivity contribution in [2.24, 2.45) is 0 Å². The van der Waals surface area contributed by atoms with E-state index in [0.717, 1.165) is 21.1 Å². The Kier molecular flexibility index (Phi) is 7.19. The highest BCUT2D eigenvalue weighted by atomic mass is 79.9. The van der Waals surface area contributed by atoms with Crippen molar-refractivity contribution >= 4 is 39.9 Å². The summed E-state index contributed by atoms with van der Waals surface area (Å²) < 4.78 is 17.5. The highest BCUT2D eigenvalue weighted by Gasteiger charge is 2.37. The number of rotatable bonds is 7. The highest BCUT2D eigenvalue weighted by Crippen LogP contribution is 2.37. The van der Waals surface area contributed by atoms with Crippen LogP contribution in [0.15, 0.2) is 46.4 Å². The minimum atomic E-state index is -0.674. The molecule has 0 aliphatic carbocycles. The maximum Gasteiger partial charge on any atom is 0.333 e. The van der Waals surface area contributed by atoms with E-state index >= 15 is 0 Å². The van der Waals surface area contributed by atoms with Gasteiger partial charge in [-0.2, -0.15) is 0 Å². The van der Waals surface area contributed by atoms with Crippen LogP contribution in [0.2, 0.25) is 0 Å². The maximum absolute atomic E-state index is 12.4. The monoisotopic (exact) mass is 502 g/mol. The van der Waals surface area contributed by atoms with Gasteiger partial charge in [0.05, 0.1) is 11.6 Å². The van der Waals surface area contributed by atoms with E-state index in [0.29, 0.717) is 28.1 Å². The third-order valence-corrected chi connectivity index (χ3v) is 5.42. The molecule has 0 aromatic heterocycles. The number of methoxy groups -OCH3 is 1.